The van der Waals surface area contributed by atoms with Gasteiger partial charge in [0.2, 0.25) is 5.91 Å². The van der Waals surface area contributed by atoms with Gasteiger partial charge in [-0.1, -0.05) is 54.9 Å². The molecule has 136 valence electrons. The first-order valence-electron chi connectivity index (χ1n) is 7.63. The van der Waals surface area contributed by atoms with Crippen LogP contribution in [0.2, 0.25) is 5.02 Å². The number of hydrogen-bond acceptors (Lipinski definition) is 3. The van der Waals surface area contributed by atoms with Gasteiger partial charge >= 0.3 is 0 Å². The van der Waals surface area contributed by atoms with Crippen molar-refractivity contribution in [3.63, 3.8) is 0 Å². The summed E-state index contributed by atoms with van der Waals surface area (Å²) in [7, 11) is -3.67. The summed E-state index contributed by atoms with van der Waals surface area (Å²) in [6.07, 6.45) is 2.36. The zero-order chi connectivity index (χ0) is 19.0. The molecule has 0 aliphatic carbocycles. The Kier molecular flexibility index (Phi) is 8.09. The van der Waals surface area contributed by atoms with Gasteiger partial charge in [0.1, 0.15) is 0 Å². The van der Waals surface area contributed by atoms with E-state index < -0.39 is 10.1 Å². The molecule has 25 heavy (non-hydrogen) atoms. The monoisotopic (exact) mass is 383 g/mol. The van der Waals surface area contributed by atoms with Crippen LogP contribution in [-0.2, 0) is 21.3 Å². The quantitative estimate of drug-likeness (QED) is 0.771. The highest BCUT2D eigenvalue weighted by Gasteiger charge is 2.08. The molecule has 0 bridgehead atoms. The Bertz CT molecular complexity index is 796. The molecule has 1 atom stereocenters. The number of benzene rings is 2. The van der Waals surface area contributed by atoms with Crippen LogP contribution in [0, 0.1) is 5.92 Å². The van der Waals surface area contributed by atoms with Gasteiger partial charge in [0.05, 0.1) is 6.26 Å². The lowest BCUT2D eigenvalue weighted by molar-refractivity contribution is -0.121. The van der Waals surface area contributed by atoms with E-state index in [0.29, 0.717) is 6.26 Å². The van der Waals surface area contributed by atoms with E-state index in [0.717, 1.165) is 29.0 Å². The number of rotatable bonds is 5. The molecular formula is C18H22ClNO4S. The molecule has 0 aliphatic rings. The summed E-state index contributed by atoms with van der Waals surface area (Å²) >= 11 is 6.00. The van der Waals surface area contributed by atoms with Gasteiger partial charge < -0.3 is 5.73 Å². The van der Waals surface area contributed by atoms with Crippen LogP contribution in [0.5, 0.6) is 0 Å². The maximum atomic E-state index is 11.0. The van der Waals surface area contributed by atoms with Crippen molar-refractivity contribution >= 4 is 27.6 Å². The number of aryl methyl sites for hydroxylation is 1. The summed E-state index contributed by atoms with van der Waals surface area (Å²) in [5, 5.41) is 0.738. The van der Waals surface area contributed by atoms with Crippen LogP contribution >= 0.6 is 11.6 Å². The lowest BCUT2D eigenvalue weighted by Gasteiger charge is -2.08. The minimum absolute atomic E-state index is 0.0809. The molecule has 0 saturated heterocycles. The minimum Gasteiger partial charge on any atom is -0.369 e. The van der Waals surface area contributed by atoms with Crippen molar-refractivity contribution in [1.82, 2.24) is 0 Å². The molecule has 2 aromatic rings. The Hall–Kier alpha value is -1.89. The number of hydrogen-bond donors (Lipinski definition) is 2. The molecule has 1 amide bonds. The van der Waals surface area contributed by atoms with Crippen LogP contribution in [0.1, 0.15) is 18.9 Å². The smallest absolute Gasteiger partial charge is 0.261 e. The molecular weight excluding hydrogens is 362 g/mol. The van der Waals surface area contributed by atoms with E-state index in [1.165, 1.54) is 5.56 Å². The van der Waals surface area contributed by atoms with Gasteiger partial charge in [-0.15, -0.1) is 0 Å². The summed E-state index contributed by atoms with van der Waals surface area (Å²) in [4.78, 5) is 11.0. The second-order valence-corrected chi connectivity index (χ2v) is 7.68. The van der Waals surface area contributed by atoms with E-state index in [1.807, 2.05) is 31.2 Å². The number of carbonyl (C=O) groups excluding carboxylic acids is 1. The fourth-order valence-electron chi connectivity index (χ4n) is 2.06. The second kappa shape index (κ2) is 9.56. The molecule has 7 heteroatoms. The number of primary amides is 1. The molecule has 0 fully saturated rings. The molecule has 0 aromatic heterocycles. The van der Waals surface area contributed by atoms with E-state index in [4.69, 9.17) is 21.9 Å². The molecule has 0 radical (unpaired) electrons. The third-order valence-electron chi connectivity index (χ3n) is 3.46. The molecule has 2 aromatic carbocycles. The molecule has 5 nitrogen and oxygen atoms in total. The Labute approximate surface area is 153 Å². The van der Waals surface area contributed by atoms with Crippen molar-refractivity contribution in [3.05, 3.63) is 59.1 Å². The predicted molar refractivity (Wildman–Crippen MR) is 101 cm³/mol. The largest absolute Gasteiger partial charge is 0.369 e. The molecule has 0 saturated carbocycles. The van der Waals surface area contributed by atoms with Gasteiger partial charge in [0.25, 0.3) is 10.1 Å². The Morgan fingerprint density at radius 1 is 1.16 bits per heavy atom. The fraction of sp³-hybridized carbons (Fsp3) is 0.278. The van der Waals surface area contributed by atoms with E-state index in [-0.39, 0.29) is 11.8 Å². The van der Waals surface area contributed by atoms with Crippen LogP contribution in [-0.4, -0.2) is 25.1 Å². The summed E-state index contributed by atoms with van der Waals surface area (Å²) in [6, 6.07) is 16.1. The molecule has 0 heterocycles. The Morgan fingerprint density at radius 2 is 1.72 bits per heavy atom. The van der Waals surface area contributed by atoms with Crippen LogP contribution < -0.4 is 5.73 Å². The van der Waals surface area contributed by atoms with Gasteiger partial charge in [-0.05, 0) is 41.7 Å². The van der Waals surface area contributed by atoms with Crippen LogP contribution in [0.15, 0.2) is 48.5 Å². The van der Waals surface area contributed by atoms with Crippen LogP contribution in [0.3, 0.4) is 0 Å². The fourth-order valence-corrected chi connectivity index (χ4v) is 2.25. The first-order chi connectivity index (χ1) is 11.6. The van der Waals surface area contributed by atoms with Crippen molar-refractivity contribution in [2.24, 2.45) is 11.7 Å². The van der Waals surface area contributed by atoms with Crippen molar-refractivity contribution in [2.75, 3.05) is 6.26 Å². The minimum atomic E-state index is -3.67. The van der Waals surface area contributed by atoms with Gasteiger partial charge in [-0.2, -0.15) is 8.42 Å². The highest BCUT2D eigenvalue weighted by atomic mass is 35.5. The third-order valence-corrected chi connectivity index (χ3v) is 3.70. The SMILES string of the molecule is CS(=O)(=O)O.C[C@H](CCc1ccc(-c2cccc(Cl)c2)cc1)C(N)=O. The lowest BCUT2D eigenvalue weighted by Crippen LogP contribution is -2.20. The highest BCUT2D eigenvalue weighted by molar-refractivity contribution is 7.85. The van der Waals surface area contributed by atoms with E-state index in [9.17, 15) is 13.2 Å². The van der Waals surface area contributed by atoms with Gasteiger partial charge in [-0.25, -0.2) is 0 Å². The summed E-state index contributed by atoms with van der Waals surface area (Å²) in [6.45, 7) is 1.86. The van der Waals surface area contributed by atoms with E-state index >= 15 is 0 Å². The first-order valence-corrected chi connectivity index (χ1v) is 9.85. The van der Waals surface area contributed by atoms with Crippen molar-refractivity contribution in [2.45, 2.75) is 19.8 Å². The van der Waals surface area contributed by atoms with Gasteiger partial charge in [-0.3, -0.25) is 9.35 Å². The van der Waals surface area contributed by atoms with Gasteiger partial charge in [0, 0.05) is 10.9 Å². The average Bonchev–Trinajstić information content (AvgIpc) is 2.51. The first kappa shape index (κ1) is 21.2. The highest BCUT2D eigenvalue weighted by Crippen LogP contribution is 2.23. The van der Waals surface area contributed by atoms with E-state index in [1.54, 1.807) is 0 Å². The third kappa shape index (κ3) is 9.24. The van der Waals surface area contributed by atoms with Gasteiger partial charge in [0.15, 0.2) is 0 Å². The predicted octanol–water partition coefficient (Wildman–Crippen LogP) is 3.57. The molecule has 3 N–H and O–H groups in total. The summed E-state index contributed by atoms with van der Waals surface area (Å²) in [5.74, 6) is -0.317. The Balaban J connectivity index is 0.000000550. The van der Waals surface area contributed by atoms with Crippen molar-refractivity contribution in [1.29, 1.82) is 0 Å². The van der Waals surface area contributed by atoms with Crippen LogP contribution in [0.4, 0.5) is 0 Å². The number of nitrogens with two attached hydrogens (primary N) is 1. The van der Waals surface area contributed by atoms with E-state index in [2.05, 4.69) is 24.3 Å². The summed E-state index contributed by atoms with van der Waals surface area (Å²) in [5.41, 5.74) is 8.72. The maximum Gasteiger partial charge on any atom is 0.261 e. The standard InChI is InChI=1S/C17H18ClNO.CH4O3S/c1-12(17(19)20)5-6-13-7-9-14(10-8-13)15-3-2-4-16(18)11-15;1-5(2,3)4/h2-4,7-12H,5-6H2,1H3,(H2,19,20);1H3,(H,2,3,4)/t12-;/m1./s1. The average molecular weight is 384 g/mol. The number of amides is 1. The maximum absolute atomic E-state index is 11.0. The van der Waals surface area contributed by atoms with Crippen LogP contribution in [0.25, 0.3) is 11.1 Å². The lowest BCUT2D eigenvalue weighted by atomic mass is 9.98. The van der Waals surface area contributed by atoms with Crippen molar-refractivity contribution < 1.29 is 17.8 Å². The van der Waals surface area contributed by atoms with Crippen molar-refractivity contribution in [3.8, 4) is 11.1 Å². The number of carbonyl (C=O) groups is 1. The molecule has 0 unspecified atom stereocenters. The molecule has 0 aliphatic heterocycles. The number of halogens is 1. The topological polar surface area (TPSA) is 97.5 Å². The molecule has 2 rings (SSSR count). The zero-order valence-electron chi connectivity index (χ0n) is 14.1. The Morgan fingerprint density at radius 3 is 2.20 bits per heavy atom. The summed E-state index contributed by atoms with van der Waals surface area (Å²) < 4.78 is 25.9. The second-order valence-electron chi connectivity index (χ2n) is 5.78. The zero-order valence-corrected chi connectivity index (χ0v) is 15.7. The molecule has 0 spiro atoms. The normalized spacial score (nSPS) is 12.0.